The van der Waals surface area contributed by atoms with Crippen LogP contribution in [0.1, 0.15) is 23.2 Å². The molecule has 0 aliphatic heterocycles. The van der Waals surface area contributed by atoms with Crippen molar-refractivity contribution in [2.75, 3.05) is 5.73 Å². The smallest absolute Gasteiger partial charge is 0.246 e. The predicted octanol–water partition coefficient (Wildman–Crippen LogP) is 2.12. The highest BCUT2D eigenvalue weighted by molar-refractivity contribution is 7.09. The van der Waals surface area contributed by atoms with Crippen molar-refractivity contribution in [2.24, 2.45) is 5.10 Å². The molecule has 0 saturated carbocycles. The highest BCUT2D eigenvalue weighted by atomic mass is 32.1. The standard InChI is InChI=1S/C14H16N4OS/c1-9(11-4-3-5-12(15)6-11)17-18-14(19)7-13-8-20-10(2)16-13/h3-6,8H,7,15H2,1-2H3,(H,18,19)/b17-9-. The normalized spacial score (nSPS) is 11.4. The Morgan fingerprint density at radius 3 is 2.95 bits per heavy atom. The number of hydrogen-bond acceptors (Lipinski definition) is 5. The van der Waals surface area contributed by atoms with Crippen molar-refractivity contribution < 1.29 is 4.79 Å². The van der Waals surface area contributed by atoms with Crippen LogP contribution in [-0.2, 0) is 11.2 Å². The lowest BCUT2D eigenvalue weighted by atomic mass is 10.1. The van der Waals surface area contributed by atoms with Crippen LogP contribution >= 0.6 is 11.3 Å². The van der Waals surface area contributed by atoms with Gasteiger partial charge in [-0.3, -0.25) is 4.79 Å². The van der Waals surface area contributed by atoms with Crippen molar-refractivity contribution in [1.82, 2.24) is 10.4 Å². The minimum Gasteiger partial charge on any atom is -0.399 e. The molecule has 0 fully saturated rings. The third kappa shape index (κ3) is 3.89. The molecular weight excluding hydrogens is 272 g/mol. The van der Waals surface area contributed by atoms with E-state index < -0.39 is 0 Å². The molecule has 0 unspecified atom stereocenters. The van der Waals surface area contributed by atoms with Gasteiger partial charge in [-0.15, -0.1) is 11.3 Å². The van der Waals surface area contributed by atoms with Gasteiger partial charge in [-0.25, -0.2) is 10.4 Å². The number of aromatic nitrogens is 1. The van der Waals surface area contributed by atoms with E-state index in [0.29, 0.717) is 11.4 Å². The van der Waals surface area contributed by atoms with Crippen LogP contribution in [0.25, 0.3) is 0 Å². The Balaban J connectivity index is 1.96. The fourth-order valence-electron chi connectivity index (χ4n) is 1.67. The zero-order valence-electron chi connectivity index (χ0n) is 11.4. The van der Waals surface area contributed by atoms with E-state index in [1.165, 1.54) is 11.3 Å². The Labute approximate surface area is 121 Å². The predicted molar refractivity (Wildman–Crippen MR) is 81.8 cm³/mol. The second-order valence-electron chi connectivity index (χ2n) is 4.39. The molecule has 0 radical (unpaired) electrons. The maximum atomic E-state index is 11.7. The molecule has 0 aliphatic rings. The number of hydrogen-bond donors (Lipinski definition) is 2. The van der Waals surface area contributed by atoms with Gasteiger partial charge in [-0.2, -0.15) is 5.10 Å². The van der Waals surface area contributed by atoms with E-state index in [4.69, 9.17) is 5.73 Å². The van der Waals surface area contributed by atoms with Gasteiger partial charge in [0.25, 0.3) is 0 Å². The van der Waals surface area contributed by atoms with Crippen LogP contribution in [-0.4, -0.2) is 16.6 Å². The summed E-state index contributed by atoms with van der Waals surface area (Å²) >= 11 is 1.53. The number of rotatable bonds is 4. The third-order valence-electron chi connectivity index (χ3n) is 2.66. The first-order valence-electron chi connectivity index (χ1n) is 6.14. The molecule has 1 aromatic carbocycles. The number of nitrogen functional groups attached to an aromatic ring is 1. The zero-order valence-corrected chi connectivity index (χ0v) is 12.2. The van der Waals surface area contributed by atoms with Crippen molar-refractivity contribution >= 4 is 28.6 Å². The fraction of sp³-hybridized carbons (Fsp3) is 0.214. The van der Waals surface area contributed by atoms with Gasteiger partial charge in [-0.1, -0.05) is 12.1 Å². The van der Waals surface area contributed by atoms with Crippen molar-refractivity contribution in [2.45, 2.75) is 20.3 Å². The number of nitrogens with two attached hydrogens (primary N) is 1. The summed E-state index contributed by atoms with van der Waals surface area (Å²) in [5.41, 5.74) is 11.3. The Morgan fingerprint density at radius 1 is 1.50 bits per heavy atom. The summed E-state index contributed by atoms with van der Waals surface area (Å²) < 4.78 is 0. The summed E-state index contributed by atoms with van der Waals surface area (Å²) in [6.07, 6.45) is 0.234. The number of aryl methyl sites for hydroxylation is 1. The highest BCUT2D eigenvalue weighted by Gasteiger charge is 2.06. The quantitative estimate of drug-likeness (QED) is 0.514. The Morgan fingerprint density at radius 2 is 2.30 bits per heavy atom. The van der Waals surface area contributed by atoms with Gasteiger partial charge in [0.05, 0.1) is 22.8 Å². The second kappa shape index (κ2) is 6.29. The number of nitrogens with zero attached hydrogens (tertiary/aromatic N) is 2. The van der Waals surface area contributed by atoms with Crippen molar-refractivity contribution in [3.63, 3.8) is 0 Å². The molecule has 1 amide bonds. The summed E-state index contributed by atoms with van der Waals surface area (Å²) in [7, 11) is 0. The van der Waals surface area contributed by atoms with E-state index >= 15 is 0 Å². The van der Waals surface area contributed by atoms with Crippen molar-refractivity contribution in [1.29, 1.82) is 0 Å². The van der Waals surface area contributed by atoms with Crippen LogP contribution in [0.15, 0.2) is 34.7 Å². The molecule has 3 N–H and O–H groups in total. The third-order valence-corrected chi connectivity index (χ3v) is 3.48. The van der Waals surface area contributed by atoms with Gasteiger partial charge < -0.3 is 5.73 Å². The lowest BCUT2D eigenvalue weighted by Crippen LogP contribution is -2.21. The van der Waals surface area contributed by atoms with Crippen molar-refractivity contribution in [3.8, 4) is 0 Å². The maximum Gasteiger partial charge on any atom is 0.246 e. The number of thiazole rings is 1. The molecule has 20 heavy (non-hydrogen) atoms. The molecule has 0 saturated heterocycles. The molecule has 104 valence electrons. The number of nitrogens with one attached hydrogen (secondary N) is 1. The van der Waals surface area contributed by atoms with Crippen LogP contribution in [0.3, 0.4) is 0 Å². The van der Waals surface area contributed by atoms with Gasteiger partial charge >= 0.3 is 0 Å². The molecule has 2 rings (SSSR count). The van der Waals surface area contributed by atoms with Crippen LogP contribution in [0.4, 0.5) is 5.69 Å². The lowest BCUT2D eigenvalue weighted by Gasteiger charge is -2.03. The van der Waals surface area contributed by atoms with Gasteiger partial charge in [0, 0.05) is 11.1 Å². The second-order valence-corrected chi connectivity index (χ2v) is 5.45. The monoisotopic (exact) mass is 288 g/mol. The number of benzene rings is 1. The molecule has 0 spiro atoms. The summed E-state index contributed by atoms with van der Waals surface area (Å²) in [5, 5.41) is 6.91. The van der Waals surface area contributed by atoms with Gasteiger partial charge in [0.1, 0.15) is 0 Å². The van der Waals surface area contributed by atoms with E-state index in [2.05, 4.69) is 15.5 Å². The van der Waals surface area contributed by atoms with E-state index in [-0.39, 0.29) is 12.3 Å². The maximum absolute atomic E-state index is 11.7. The molecule has 0 bridgehead atoms. The first-order valence-corrected chi connectivity index (χ1v) is 7.02. The molecule has 1 aromatic heterocycles. The Hall–Kier alpha value is -2.21. The average molecular weight is 288 g/mol. The Bertz CT molecular complexity index is 648. The van der Waals surface area contributed by atoms with E-state index in [0.717, 1.165) is 16.3 Å². The highest BCUT2D eigenvalue weighted by Crippen LogP contribution is 2.09. The van der Waals surface area contributed by atoms with Gasteiger partial charge in [0.2, 0.25) is 5.91 Å². The largest absolute Gasteiger partial charge is 0.399 e. The number of carbonyl (C=O) groups excluding carboxylic acids is 1. The van der Waals surface area contributed by atoms with Crippen LogP contribution in [0.5, 0.6) is 0 Å². The first-order chi connectivity index (χ1) is 9.54. The minimum atomic E-state index is -0.182. The van der Waals surface area contributed by atoms with Crippen molar-refractivity contribution in [3.05, 3.63) is 45.9 Å². The van der Waals surface area contributed by atoms with Crippen LogP contribution in [0, 0.1) is 6.92 Å². The van der Waals surface area contributed by atoms with Crippen LogP contribution in [0.2, 0.25) is 0 Å². The topological polar surface area (TPSA) is 80.4 Å². The van der Waals surface area contributed by atoms with Crippen LogP contribution < -0.4 is 11.2 Å². The molecule has 0 aliphatic carbocycles. The molecule has 0 atom stereocenters. The lowest BCUT2D eigenvalue weighted by molar-refractivity contribution is -0.120. The minimum absolute atomic E-state index is 0.182. The van der Waals surface area contributed by atoms with E-state index in [1.807, 2.05) is 37.4 Å². The fourth-order valence-corrected chi connectivity index (χ4v) is 2.28. The SMILES string of the molecule is C/C(=N/NC(=O)Cc1csc(C)n1)c1cccc(N)c1. The van der Waals surface area contributed by atoms with Gasteiger partial charge in [-0.05, 0) is 31.5 Å². The number of anilines is 1. The molecule has 5 nitrogen and oxygen atoms in total. The van der Waals surface area contributed by atoms with E-state index in [1.54, 1.807) is 6.07 Å². The Kier molecular flexibility index (Phi) is 4.47. The molecule has 1 heterocycles. The summed E-state index contributed by atoms with van der Waals surface area (Å²) in [4.78, 5) is 16.0. The molecule has 2 aromatic rings. The zero-order chi connectivity index (χ0) is 14.5. The summed E-state index contributed by atoms with van der Waals surface area (Å²) in [5.74, 6) is -0.182. The van der Waals surface area contributed by atoms with E-state index in [9.17, 15) is 4.79 Å². The van der Waals surface area contributed by atoms with Gasteiger partial charge in [0.15, 0.2) is 0 Å². The molecular formula is C14H16N4OS. The number of carbonyl (C=O) groups is 1. The summed E-state index contributed by atoms with van der Waals surface area (Å²) in [6.45, 7) is 3.73. The first kappa shape index (κ1) is 14.2. The average Bonchev–Trinajstić information content (AvgIpc) is 2.81. The molecule has 6 heteroatoms. The number of amides is 1. The number of hydrazone groups is 1. The summed E-state index contributed by atoms with van der Waals surface area (Å²) in [6, 6.07) is 7.36.